The maximum atomic E-state index is 4.30. The van der Waals surface area contributed by atoms with E-state index in [4.69, 9.17) is 0 Å². The van der Waals surface area contributed by atoms with Crippen LogP contribution in [0.3, 0.4) is 0 Å². The molecule has 5 heteroatoms. The van der Waals surface area contributed by atoms with Gasteiger partial charge >= 0.3 is 0 Å². The summed E-state index contributed by atoms with van der Waals surface area (Å²) in [5.41, 5.74) is 2.07. The van der Waals surface area contributed by atoms with Crippen molar-refractivity contribution in [3.8, 4) is 0 Å². The molecule has 0 atom stereocenters. The molecular formula is C14H21N5. The van der Waals surface area contributed by atoms with Crippen LogP contribution in [0.4, 0.5) is 0 Å². The molecule has 0 aliphatic carbocycles. The summed E-state index contributed by atoms with van der Waals surface area (Å²) in [5.74, 6) is 0.652. The molecule has 0 saturated carbocycles. The van der Waals surface area contributed by atoms with Gasteiger partial charge in [-0.25, -0.2) is 0 Å². The van der Waals surface area contributed by atoms with Gasteiger partial charge in [-0.1, -0.05) is 25.1 Å². The summed E-state index contributed by atoms with van der Waals surface area (Å²) in [4.78, 5) is 4.30. The Labute approximate surface area is 114 Å². The minimum atomic E-state index is 0.652. The Kier molecular flexibility index (Phi) is 5.03. The highest BCUT2D eigenvalue weighted by Crippen LogP contribution is 1.99. The molecular weight excluding hydrogens is 238 g/mol. The summed E-state index contributed by atoms with van der Waals surface area (Å²) >= 11 is 0. The summed E-state index contributed by atoms with van der Waals surface area (Å²) in [6, 6.07) is 5.96. The lowest BCUT2D eigenvalue weighted by Gasteiger charge is -2.04. The fourth-order valence-corrected chi connectivity index (χ4v) is 1.79. The molecule has 2 aromatic rings. The van der Waals surface area contributed by atoms with E-state index < -0.39 is 0 Å². The zero-order valence-corrected chi connectivity index (χ0v) is 11.6. The first kappa shape index (κ1) is 13.7. The number of hydrogen-bond donors (Lipinski definition) is 1. The molecule has 0 saturated heterocycles. The van der Waals surface area contributed by atoms with Gasteiger partial charge in [-0.05, 0) is 24.6 Å². The fourth-order valence-electron chi connectivity index (χ4n) is 1.79. The smallest absolute Gasteiger partial charge is 0.0964 e. The average Bonchev–Trinajstić information content (AvgIpc) is 2.85. The van der Waals surface area contributed by atoms with Crippen LogP contribution in [-0.2, 0) is 19.5 Å². The van der Waals surface area contributed by atoms with Gasteiger partial charge in [0.1, 0.15) is 0 Å². The first-order valence-corrected chi connectivity index (χ1v) is 6.73. The molecule has 0 spiro atoms. The topological polar surface area (TPSA) is 55.6 Å². The molecule has 0 unspecified atom stereocenters. The van der Waals surface area contributed by atoms with Crippen molar-refractivity contribution in [2.45, 2.75) is 33.4 Å². The number of rotatable bonds is 7. The van der Waals surface area contributed by atoms with Gasteiger partial charge in [0.2, 0.25) is 0 Å². The van der Waals surface area contributed by atoms with E-state index >= 15 is 0 Å². The standard InChI is InChI=1S/C14H21N5/c1-12(2)9-15-10-14-11-19(18-17-14)8-6-13-5-3-4-7-16-13/h3-5,7,11-12,15H,6,8-10H2,1-2H3. The predicted molar refractivity (Wildman–Crippen MR) is 74.5 cm³/mol. The van der Waals surface area contributed by atoms with Crippen molar-refractivity contribution >= 4 is 0 Å². The Balaban J connectivity index is 1.77. The van der Waals surface area contributed by atoms with Crippen LogP contribution in [-0.4, -0.2) is 26.5 Å². The second-order valence-electron chi connectivity index (χ2n) is 5.07. The van der Waals surface area contributed by atoms with Crippen molar-refractivity contribution in [1.82, 2.24) is 25.3 Å². The van der Waals surface area contributed by atoms with Crippen LogP contribution in [0.25, 0.3) is 0 Å². The first-order chi connectivity index (χ1) is 9.24. The van der Waals surface area contributed by atoms with Crippen molar-refractivity contribution < 1.29 is 0 Å². The van der Waals surface area contributed by atoms with Gasteiger partial charge in [0.15, 0.2) is 0 Å². The second kappa shape index (κ2) is 6.99. The van der Waals surface area contributed by atoms with Crippen LogP contribution in [0, 0.1) is 5.92 Å². The first-order valence-electron chi connectivity index (χ1n) is 6.73. The van der Waals surface area contributed by atoms with Gasteiger partial charge in [0.05, 0.1) is 5.69 Å². The molecule has 19 heavy (non-hydrogen) atoms. The lowest BCUT2D eigenvalue weighted by atomic mass is 10.2. The van der Waals surface area contributed by atoms with E-state index in [1.165, 1.54) is 0 Å². The van der Waals surface area contributed by atoms with E-state index in [0.717, 1.165) is 37.4 Å². The maximum absolute atomic E-state index is 4.30. The Morgan fingerprint density at radius 1 is 1.26 bits per heavy atom. The van der Waals surface area contributed by atoms with Crippen LogP contribution in [0.5, 0.6) is 0 Å². The number of nitrogens with one attached hydrogen (secondary N) is 1. The Morgan fingerprint density at radius 2 is 2.16 bits per heavy atom. The lowest BCUT2D eigenvalue weighted by Crippen LogP contribution is -2.19. The van der Waals surface area contributed by atoms with E-state index in [1.54, 1.807) is 0 Å². The third kappa shape index (κ3) is 4.79. The monoisotopic (exact) mass is 259 g/mol. The van der Waals surface area contributed by atoms with E-state index in [2.05, 4.69) is 34.5 Å². The van der Waals surface area contributed by atoms with Crippen molar-refractivity contribution in [2.24, 2.45) is 5.92 Å². The predicted octanol–water partition coefficient (Wildman–Crippen LogP) is 1.66. The van der Waals surface area contributed by atoms with Gasteiger partial charge < -0.3 is 5.32 Å². The van der Waals surface area contributed by atoms with Crippen molar-refractivity contribution in [2.75, 3.05) is 6.54 Å². The van der Waals surface area contributed by atoms with Crippen LogP contribution < -0.4 is 5.32 Å². The normalized spacial score (nSPS) is 11.1. The quantitative estimate of drug-likeness (QED) is 0.821. The summed E-state index contributed by atoms with van der Waals surface area (Å²) < 4.78 is 1.88. The van der Waals surface area contributed by atoms with Gasteiger partial charge in [0.25, 0.3) is 0 Å². The molecule has 0 aromatic carbocycles. The van der Waals surface area contributed by atoms with E-state index in [0.29, 0.717) is 5.92 Å². The molecule has 5 nitrogen and oxygen atoms in total. The highest BCUT2D eigenvalue weighted by molar-refractivity contribution is 5.03. The molecule has 0 bridgehead atoms. The minimum Gasteiger partial charge on any atom is -0.311 e. The van der Waals surface area contributed by atoms with Gasteiger partial charge in [-0.15, -0.1) is 5.10 Å². The van der Waals surface area contributed by atoms with Gasteiger partial charge in [-0.2, -0.15) is 0 Å². The van der Waals surface area contributed by atoms with Gasteiger partial charge in [-0.3, -0.25) is 9.67 Å². The van der Waals surface area contributed by atoms with Crippen LogP contribution in [0.2, 0.25) is 0 Å². The van der Waals surface area contributed by atoms with Crippen molar-refractivity contribution in [3.63, 3.8) is 0 Å². The molecule has 102 valence electrons. The maximum Gasteiger partial charge on any atom is 0.0964 e. The third-order valence-corrected chi connectivity index (χ3v) is 2.77. The van der Waals surface area contributed by atoms with Crippen LogP contribution >= 0.6 is 0 Å². The molecule has 0 aliphatic heterocycles. The van der Waals surface area contributed by atoms with Crippen molar-refractivity contribution in [3.05, 3.63) is 42.0 Å². The number of hydrogen-bond acceptors (Lipinski definition) is 4. The van der Waals surface area contributed by atoms with Crippen LogP contribution in [0.15, 0.2) is 30.6 Å². The molecule has 2 aromatic heterocycles. The zero-order chi connectivity index (χ0) is 13.5. The number of pyridine rings is 1. The largest absolute Gasteiger partial charge is 0.311 e. The van der Waals surface area contributed by atoms with E-state index in [-0.39, 0.29) is 0 Å². The highest BCUT2D eigenvalue weighted by Gasteiger charge is 2.02. The van der Waals surface area contributed by atoms with Gasteiger partial charge in [0, 0.05) is 37.6 Å². The molecule has 2 heterocycles. The molecule has 0 radical (unpaired) electrons. The van der Waals surface area contributed by atoms with Crippen LogP contribution in [0.1, 0.15) is 25.2 Å². The number of aromatic nitrogens is 4. The van der Waals surface area contributed by atoms with E-state index in [1.807, 2.05) is 35.3 Å². The zero-order valence-electron chi connectivity index (χ0n) is 11.6. The summed E-state index contributed by atoms with van der Waals surface area (Å²) in [5, 5.41) is 11.6. The SMILES string of the molecule is CC(C)CNCc1cn(CCc2ccccn2)nn1. The molecule has 2 rings (SSSR count). The van der Waals surface area contributed by atoms with E-state index in [9.17, 15) is 0 Å². The number of nitrogens with zero attached hydrogens (tertiary/aromatic N) is 4. The Hall–Kier alpha value is -1.75. The molecule has 0 fully saturated rings. The Morgan fingerprint density at radius 3 is 2.89 bits per heavy atom. The number of aryl methyl sites for hydroxylation is 2. The summed E-state index contributed by atoms with van der Waals surface area (Å²) in [7, 11) is 0. The summed E-state index contributed by atoms with van der Waals surface area (Å²) in [6.07, 6.45) is 4.69. The summed E-state index contributed by atoms with van der Waals surface area (Å²) in [6.45, 7) is 6.98. The fraction of sp³-hybridized carbons (Fsp3) is 0.500. The lowest BCUT2D eigenvalue weighted by molar-refractivity contribution is 0.547. The molecule has 1 N–H and O–H groups in total. The Bertz CT molecular complexity index is 478. The molecule has 0 amide bonds. The highest BCUT2D eigenvalue weighted by atomic mass is 15.4. The second-order valence-corrected chi connectivity index (χ2v) is 5.07. The van der Waals surface area contributed by atoms with Crippen molar-refractivity contribution in [1.29, 1.82) is 0 Å². The third-order valence-electron chi connectivity index (χ3n) is 2.77. The average molecular weight is 259 g/mol. The minimum absolute atomic E-state index is 0.652. The molecule has 0 aliphatic rings.